The molecule has 1 amide bonds. The fourth-order valence-electron chi connectivity index (χ4n) is 2.00. The van der Waals surface area contributed by atoms with E-state index in [-0.39, 0.29) is 5.91 Å². The van der Waals surface area contributed by atoms with Gasteiger partial charge in [-0.25, -0.2) is 0 Å². The Hall–Kier alpha value is -0.830. The van der Waals surface area contributed by atoms with Crippen molar-refractivity contribution in [3.8, 4) is 0 Å². The minimum absolute atomic E-state index is 0.270. The molecule has 0 aromatic carbocycles. The maximum atomic E-state index is 11.3. The molecule has 15 heavy (non-hydrogen) atoms. The van der Waals surface area contributed by atoms with Gasteiger partial charge in [0.05, 0.1) is 0 Å². The Labute approximate surface area is 92.5 Å². The molecule has 0 aliphatic carbocycles. The van der Waals surface area contributed by atoms with Crippen molar-refractivity contribution in [2.75, 3.05) is 13.6 Å². The molecule has 3 heteroatoms. The lowest BCUT2D eigenvalue weighted by molar-refractivity contribution is -0.132. The zero-order valence-electron chi connectivity index (χ0n) is 9.83. The zero-order valence-corrected chi connectivity index (χ0v) is 9.83. The number of nitrogens with one attached hydrogen (secondary N) is 1. The SMILES string of the molecule is C=CCC[C@H](C)N[C@@H]1CCC(=O)N(C)C1. The minimum Gasteiger partial charge on any atom is -0.344 e. The van der Waals surface area contributed by atoms with E-state index >= 15 is 0 Å². The molecule has 0 bridgehead atoms. The van der Waals surface area contributed by atoms with Gasteiger partial charge in [-0.1, -0.05) is 6.08 Å². The highest BCUT2D eigenvalue weighted by atomic mass is 16.2. The van der Waals surface area contributed by atoms with Crippen molar-refractivity contribution in [2.24, 2.45) is 0 Å². The van der Waals surface area contributed by atoms with E-state index in [1.807, 2.05) is 18.0 Å². The van der Waals surface area contributed by atoms with E-state index < -0.39 is 0 Å². The summed E-state index contributed by atoms with van der Waals surface area (Å²) < 4.78 is 0. The number of likely N-dealkylation sites (tertiary alicyclic amines) is 1. The molecule has 0 saturated carbocycles. The maximum absolute atomic E-state index is 11.3. The van der Waals surface area contributed by atoms with Gasteiger partial charge < -0.3 is 10.2 Å². The van der Waals surface area contributed by atoms with Crippen LogP contribution in [0.2, 0.25) is 0 Å². The van der Waals surface area contributed by atoms with Crippen molar-refractivity contribution >= 4 is 5.91 Å². The molecule has 3 nitrogen and oxygen atoms in total. The third-order valence-corrected chi connectivity index (χ3v) is 2.95. The van der Waals surface area contributed by atoms with Crippen LogP contribution in [0.4, 0.5) is 0 Å². The molecule has 1 saturated heterocycles. The Morgan fingerprint density at radius 2 is 2.47 bits per heavy atom. The number of likely N-dealkylation sites (N-methyl/N-ethyl adjacent to an activating group) is 1. The second-order valence-electron chi connectivity index (χ2n) is 4.44. The molecule has 0 unspecified atom stereocenters. The van der Waals surface area contributed by atoms with Crippen LogP contribution in [0.1, 0.15) is 32.6 Å². The van der Waals surface area contributed by atoms with Crippen LogP contribution in [0.5, 0.6) is 0 Å². The predicted octanol–water partition coefficient (Wildman–Crippen LogP) is 1.55. The first-order chi connectivity index (χ1) is 7.13. The van der Waals surface area contributed by atoms with Crippen molar-refractivity contribution in [1.82, 2.24) is 10.2 Å². The molecule has 0 spiro atoms. The molecule has 1 fully saturated rings. The van der Waals surface area contributed by atoms with Gasteiger partial charge >= 0.3 is 0 Å². The summed E-state index contributed by atoms with van der Waals surface area (Å²) in [5.74, 6) is 0.270. The van der Waals surface area contributed by atoms with Gasteiger partial charge in [0.1, 0.15) is 0 Å². The number of carbonyl (C=O) groups excluding carboxylic acids is 1. The Bertz CT molecular complexity index is 228. The van der Waals surface area contributed by atoms with E-state index in [0.29, 0.717) is 18.5 Å². The third kappa shape index (κ3) is 4.04. The number of piperidine rings is 1. The summed E-state index contributed by atoms with van der Waals surface area (Å²) in [5.41, 5.74) is 0. The average molecular weight is 210 g/mol. The van der Waals surface area contributed by atoms with Crippen LogP contribution < -0.4 is 5.32 Å². The number of carbonyl (C=O) groups is 1. The van der Waals surface area contributed by atoms with Gasteiger partial charge in [-0.15, -0.1) is 6.58 Å². The number of allylic oxidation sites excluding steroid dienone is 1. The Morgan fingerprint density at radius 3 is 3.07 bits per heavy atom. The highest BCUT2D eigenvalue weighted by molar-refractivity contribution is 5.76. The quantitative estimate of drug-likeness (QED) is 0.698. The fraction of sp³-hybridized carbons (Fsp3) is 0.750. The van der Waals surface area contributed by atoms with E-state index in [1.165, 1.54) is 0 Å². The lowest BCUT2D eigenvalue weighted by Crippen LogP contribution is -2.49. The van der Waals surface area contributed by atoms with Gasteiger partial charge in [-0.05, 0) is 26.2 Å². The minimum atomic E-state index is 0.270. The number of hydrogen-bond acceptors (Lipinski definition) is 2. The highest BCUT2D eigenvalue weighted by Gasteiger charge is 2.23. The van der Waals surface area contributed by atoms with Crippen LogP contribution in [0.15, 0.2) is 12.7 Å². The lowest BCUT2D eigenvalue weighted by Gasteiger charge is -2.32. The van der Waals surface area contributed by atoms with Crippen LogP contribution in [-0.4, -0.2) is 36.5 Å². The first-order valence-electron chi connectivity index (χ1n) is 5.74. The van der Waals surface area contributed by atoms with E-state index in [0.717, 1.165) is 25.8 Å². The van der Waals surface area contributed by atoms with E-state index in [2.05, 4.69) is 18.8 Å². The standard InChI is InChI=1S/C12H22N2O/c1-4-5-6-10(2)13-11-7-8-12(15)14(3)9-11/h4,10-11,13H,1,5-9H2,2-3H3/t10-,11+/m0/s1. The van der Waals surface area contributed by atoms with Crippen molar-refractivity contribution in [1.29, 1.82) is 0 Å². The lowest BCUT2D eigenvalue weighted by atomic mass is 10.0. The second-order valence-corrected chi connectivity index (χ2v) is 4.44. The van der Waals surface area contributed by atoms with Crippen molar-refractivity contribution < 1.29 is 4.79 Å². The summed E-state index contributed by atoms with van der Waals surface area (Å²) >= 11 is 0. The van der Waals surface area contributed by atoms with Gasteiger partial charge in [0.2, 0.25) is 5.91 Å². The summed E-state index contributed by atoms with van der Waals surface area (Å²) in [6.45, 7) is 6.76. The van der Waals surface area contributed by atoms with Gasteiger partial charge in [-0.3, -0.25) is 4.79 Å². The zero-order chi connectivity index (χ0) is 11.3. The van der Waals surface area contributed by atoms with E-state index in [1.54, 1.807) is 0 Å². The molecule has 86 valence electrons. The first kappa shape index (κ1) is 12.2. The molecule has 1 rings (SSSR count). The number of amides is 1. The molecule has 2 atom stereocenters. The summed E-state index contributed by atoms with van der Waals surface area (Å²) in [7, 11) is 1.88. The second kappa shape index (κ2) is 5.91. The molecule has 1 aliphatic rings. The van der Waals surface area contributed by atoms with Crippen molar-refractivity contribution in [3.05, 3.63) is 12.7 Å². The summed E-state index contributed by atoms with van der Waals surface area (Å²) in [6.07, 6.45) is 5.78. The topological polar surface area (TPSA) is 32.3 Å². The Balaban J connectivity index is 2.26. The van der Waals surface area contributed by atoms with Crippen LogP contribution in [0.3, 0.4) is 0 Å². The molecule has 0 aromatic heterocycles. The van der Waals surface area contributed by atoms with Gasteiger partial charge in [0, 0.05) is 32.1 Å². The summed E-state index contributed by atoms with van der Waals surface area (Å²) in [6, 6.07) is 0.974. The largest absolute Gasteiger partial charge is 0.344 e. The predicted molar refractivity (Wildman–Crippen MR) is 62.7 cm³/mol. The summed E-state index contributed by atoms with van der Waals surface area (Å²) in [4.78, 5) is 13.1. The molecule has 1 N–H and O–H groups in total. The van der Waals surface area contributed by atoms with Crippen molar-refractivity contribution in [3.63, 3.8) is 0 Å². The Kier molecular flexibility index (Phi) is 4.82. The van der Waals surface area contributed by atoms with Crippen LogP contribution >= 0.6 is 0 Å². The van der Waals surface area contributed by atoms with Crippen LogP contribution in [0.25, 0.3) is 0 Å². The number of hydrogen-bond donors (Lipinski definition) is 1. The number of rotatable bonds is 5. The third-order valence-electron chi connectivity index (χ3n) is 2.95. The Morgan fingerprint density at radius 1 is 1.73 bits per heavy atom. The molecule has 1 heterocycles. The monoisotopic (exact) mass is 210 g/mol. The fourth-order valence-corrected chi connectivity index (χ4v) is 2.00. The van der Waals surface area contributed by atoms with E-state index in [4.69, 9.17) is 0 Å². The normalized spacial score (nSPS) is 24.0. The molecule has 1 aliphatic heterocycles. The molecule has 0 radical (unpaired) electrons. The number of nitrogens with zero attached hydrogens (tertiary/aromatic N) is 1. The molecule has 0 aromatic rings. The average Bonchev–Trinajstić information content (AvgIpc) is 2.20. The molecular formula is C12H22N2O. The van der Waals surface area contributed by atoms with Gasteiger partial charge in [-0.2, -0.15) is 0 Å². The van der Waals surface area contributed by atoms with Gasteiger partial charge in [0.15, 0.2) is 0 Å². The van der Waals surface area contributed by atoms with Crippen LogP contribution in [0, 0.1) is 0 Å². The van der Waals surface area contributed by atoms with Gasteiger partial charge in [0.25, 0.3) is 0 Å². The molecular weight excluding hydrogens is 188 g/mol. The van der Waals surface area contributed by atoms with E-state index in [9.17, 15) is 4.79 Å². The smallest absolute Gasteiger partial charge is 0.222 e. The van der Waals surface area contributed by atoms with Crippen LogP contribution in [-0.2, 0) is 4.79 Å². The van der Waals surface area contributed by atoms with Crippen molar-refractivity contribution in [2.45, 2.75) is 44.7 Å². The first-order valence-corrected chi connectivity index (χ1v) is 5.74. The summed E-state index contributed by atoms with van der Waals surface area (Å²) in [5, 5.41) is 3.56. The highest BCUT2D eigenvalue weighted by Crippen LogP contribution is 2.11. The maximum Gasteiger partial charge on any atom is 0.222 e.